The van der Waals surface area contributed by atoms with Gasteiger partial charge in [-0.05, 0) is 77.7 Å². The lowest BCUT2D eigenvalue weighted by atomic mass is 10.1. The molecule has 1 aliphatic rings. The Kier molecular flexibility index (Phi) is 9.11. The molecule has 0 fully saturated rings. The number of rotatable bonds is 7. The normalized spacial score (nSPS) is 19.3. The quantitative estimate of drug-likeness (QED) is 0.133. The van der Waals surface area contributed by atoms with Gasteiger partial charge in [0, 0.05) is 22.3 Å². The van der Waals surface area contributed by atoms with Crippen LogP contribution < -0.4 is 4.74 Å². The molecule has 0 saturated heterocycles. The zero-order valence-corrected chi connectivity index (χ0v) is 22.3. The van der Waals surface area contributed by atoms with Crippen molar-refractivity contribution in [2.24, 2.45) is 0 Å². The fourth-order valence-electron chi connectivity index (χ4n) is 4.13. The van der Waals surface area contributed by atoms with Gasteiger partial charge in [0.15, 0.2) is 0 Å². The number of fused-ring (bicyclic) bond motifs is 1. The van der Waals surface area contributed by atoms with Crippen LogP contribution in [0.5, 0.6) is 5.75 Å². The van der Waals surface area contributed by atoms with E-state index in [4.69, 9.17) is 4.74 Å². The molecule has 3 rings (SSSR count). The minimum Gasteiger partial charge on any atom is -0.425 e. The first-order valence-electron chi connectivity index (χ1n) is 11.5. The van der Waals surface area contributed by atoms with E-state index in [0.717, 1.165) is 29.1 Å². The number of benzene rings is 2. The third-order valence-corrected chi connectivity index (χ3v) is 14.1. The molecule has 5 heteroatoms. The highest BCUT2D eigenvalue weighted by Gasteiger charge is 2.31. The Morgan fingerprint density at radius 2 is 1.84 bits per heavy atom. The molecule has 0 amide bonds. The van der Waals surface area contributed by atoms with Crippen LogP contribution in [0.4, 0.5) is 0 Å². The molecule has 1 atom stereocenters. The minimum absolute atomic E-state index is 0.318. The van der Waals surface area contributed by atoms with E-state index in [2.05, 4.69) is 62.5 Å². The maximum absolute atomic E-state index is 11.6. The smallest absolute Gasteiger partial charge is 0.308 e. The molecule has 2 aromatic carbocycles. The van der Waals surface area contributed by atoms with Crippen molar-refractivity contribution in [3.63, 3.8) is 0 Å². The molecule has 1 unspecified atom stereocenters. The first kappa shape index (κ1) is 25.1. The Morgan fingerprint density at radius 1 is 1.06 bits per heavy atom. The molecular formula is C27H34O2S3. The van der Waals surface area contributed by atoms with Crippen molar-refractivity contribution in [1.29, 1.82) is 0 Å². The molecule has 0 aliphatic carbocycles. The highest BCUT2D eigenvalue weighted by molar-refractivity contribution is 8.94. The topological polar surface area (TPSA) is 26.3 Å². The molecule has 0 aromatic heterocycles. The molecule has 0 radical (unpaired) electrons. The number of carbonyl (C=O) groups is 1. The summed E-state index contributed by atoms with van der Waals surface area (Å²) in [7, 11) is 1.32. The van der Waals surface area contributed by atoms with Gasteiger partial charge in [0.1, 0.15) is 5.75 Å². The predicted octanol–water partition coefficient (Wildman–Crippen LogP) is 7.48. The third kappa shape index (κ3) is 5.71. The standard InChI is InChI=1S/C27H34O2S3/c1-6-21-12-15-25(29-20(5)28)22(17-21)13-14-23-19-27-24(18-26(23)30-7-2)11-10-16-32(27,9-4)31-8-3/h12,15,17-19H,6-11,16H2,1-5H3. The monoisotopic (exact) mass is 486 g/mol. The van der Waals surface area contributed by atoms with Gasteiger partial charge < -0.3 is 4.74 Å². The number of ether oxygens (including phenoxy) is 1. The molecule has 172 valence electrons. The molecule has 1 aliphatic heterocycles. The minimum atomic E-state index is -0.847. The first-order valence-corrected chi connectivity index (χ1v) is 16.0. The van der Waals surface area contributed by atoms with Crippen molar-refractivity contribution < 1.29 is 9.53 Å². The van der Waals surface area contributed by atoms with Crippen molar-refractivity contribution in [2.75, 3.05) is 23.0 Å². The van der Waals surface area contributed by atoms with Crippen LogP contribution in [0.25, 0.3) is 0 Å². The molecule has 0 spiro atoms. The van der Waals surface area contributed by atoms with Gasteiger partial charge >= 0.3 is 5.97 Å². The third-order valence-electron chi connectivity index (χ3n) is 5.63. The molecule has 32 heavy (non-hydrogen) atoms. The van der Waals surface area contributed by atoms with Gasteiger partial charge in [-0.1, -0.05) is 45.6 Å². The maximum Gasteiger partial charge on any atom is 0.308 e. The Bertz CT molecular complexity index is 1040. The number of esters is 1. The summed E-state index contributed by atoms with van der Waals surface area (Å²) in [5.41, 5.74) is 4.61. The van der Waals surface area contributed by atoms with Gasteiger partial charge in [0.2, 0.25) is 0 Å². The van der Waals surface area contributed by atoms with Gasteiger partial charge in [0.05, 0.1) is 5.56 Å². The zero-order chi connectivity index (χ0) is 23.1. The van der Waals surface area contributed by atoms with Gasteiger partial charge in [-0.3, -0.25) is 4.79 Å². The van der Waals surface area contributed by atoms with Crippen LogP contribution in [0.2, 0.25) is 0 Å². The number of carbonyl (C=O) groups excluding carboxylic acids is 1. The van der Waals surface area contributed by atoms with E-state index in [9.17, 15) is 4.79 Å². The van der Waals surface area contributed by atoms with Crippen LogP contribution in [0, 0.1) is 11.8 Å². The van der Waals surface area contributed by atoms with Crippen molar-refractivity contribution in [2.45, 2.75) is 63.7 Å². The summed E-state index contributed by atoms with van der Waals surface area (Å²) in [6, 6.07) is 10.7. The van der Waals surface area contributed by atoms with Crippen LogP contribution in [0.15, 0.2) is 40.1 Å². The summed E-state index contributed by atoms with van der Waals surface area (Å²) in [5, 5.41) is 0. The number of hydrogen-bond donors (Lipinski definition) is 0. The van der Waals surface area contributed by atoms with Gasteiger partial charge in [-0.25, -0.2) is 0 Å². The predicted molar refractivity (Wildman–Crippen MR) is 144 cm³/mol. The number of hydrogen-bond acceptors (Lipinski definition) is 4. The van der Waals surface area contributed by atoms with Crippen molar-refractivity contribution >= 4 is 37.6 Å². The molecular weight excluding hydrogens is 452 g/mol. The average molecular weight is 487 g/mol. The molecule has 2 aromatic rings. The Morgan fingerprint density at radius 3 is 2.50 bits per heavy atom. The Balaban J connectivity index is 2.13. The van der Waals surface area contributed by atoms with Gasteiger partial charge in [0.25, 0.3) is 0 Å². The maximum atomic E-state index is 11.6. The van der Waals surface area contributed by atoms with Crippen LogP contribution >= 0.6 is 31.6 Å². The second-order valence-electron chi connectivity index (χ2n) is 7.73. The number of aryl methyl sites for hydroxylation is 2. The van der Waals surface area contributed by atoms with Crippen LogP contribution in [-0.2, 0) is 17.6 Å². The molecule has 0 N–H and O–H groups in total. The van der Waals surface area contributed by atoms with E-state index < -0.39 is 9.06 Å². The van der Waals surface area contributed by atoms with Crippen LogP contribution in [0.1, 0.15) is 63.3 Å². The molecule has 0 saturated carbocycles. The summed E-state index contributed by atoms with van der Waals surface area (Å²) in [4.78, 5) is 14.4. The lowest BCUT2D eigenvalue weighted by molar-refractivity contribution is -0.131. The van der Waals surface area contributed by atoms with E-state index in [1.807, 2.05) is 30.0 Å². The Hall–Kier alpha value is -1.48. The van der Waals surface area contributed by atoms with Crippen LogP contribution in [0.3, 0.4) is 0 Å². The second kappa shape index (κ2) is 11.6. The highest BCUT2D eigenvalue weighted by atomic mass is 33.2. The van der Waals surface area contributed by atoms with E-state index in [1.54, 1.807) is 4.90 Å². The van der Waals surface area contributed by atoms with E-state index in [0.29, 0.717) is 5.75 Å². The number of thioether (sulfide) groups is 1. The molecule has 1 heterocycles. The molecule has 2 nitrogen and oxygen atoms in total. The molecule has 0 bridgehead atoms. The summed E-state index contributed by atoms with van der Waals surface area (Å²) in [6.45, 7) is 10.4. The summed E-state index contributed by atoms with van der Waals surface area (Å²) in [6.07, 6.45) is 3.38. The van der Waals surface area contributed by atoms with Crippen molar-refractivity contribution in [3.05, 3.63) is 52.6 Å². The van der Waals surface area contributed by atoms with E-state index in [-0.39, 0.29) is 5.97 Å². The second-order valence-corrected chi connectivity index (χ2v) is 15.5. The lowest BCUT2D eigenvalue weighted by Crippen LogP contribution is -2.15. The van der Waals surface area contributed by atoms with E-state index in [1.165, 1.54) is 47.3 Å². The fraction of sp³-hybridized carbons (Fsp3) is 0.444. The van der Waals surface area contributed by atoms with Crippen molar-refractivity contribution in [3.8, 4) is 17.6 Å². The Labute approximate surface area is 203 Å². The zero-order valence-electron chi connectivity index (χ0n) is 19.9. The summed E-state index contributed by atoms with van der Waals surface area (Å²) < 4.78 is 5.44. The van der Waals surface area contributed by atoms with Gasteiger partial charge in [-0.15, -0.1) is 22.6 Å². The van der Waals surface area contributed by atoms with Gasteiger partial charge in [-0.2, -0.15) is 9.06 Å². The lowest BCUT2D eigenvalue weighted by Gasteiger charge is -2.43. The largest absolute Gasteiger partial charge is 0.425 e. The van der Waals surface area contributed by atoms with Crippen molar-refractivity contribution in [1.82, 2.24) is 0 Å². The highest BCUT2D eigenvalue weighted by Crippen LogP contribution is 2.69. The van der Waals surface area contributed by atoms with E-state index >= 15 is 0 Å². The fourth-order valence-corrected chi connectivity index (χ4v) is 11.6. The van der Waals surface area contributed by atoms with Crippen LogP contribution in [-0.4, -0.2) is 29.0 Å². The average Bonchev–Trinajstić information content (AvgIpc) is 2.78. The summed E-state index contributed by atoms with van der Waals surface area (Å²) in [5.74, 6) is 11.8. The SMILES string of the molecule is CCSc1cc2c(cc1C#Cc1cc(CC)ccc1OC(C)=O)S(CC)(SCC)CCC2. The first-order chi connectivity index (χ1) is 15.5. The summed E-state index contributed by atoms with van der Waals surface area (Å²) >= 11 is 1.87.